The van der Waals surface area contributed by atoms with Gasteiger partial charge in [0.05, 0.1) is 24.6 Å². The predicted octanol–water partition coefficient (Wildman–Crippen LogP) is 2.84. The van der Waals surface area contributed by atoms with Gasteiger partial charge in [-0.2, -0.15) is 0 Å². The minimum Gasteiger partial charge on any atom is -0.496 e. The van der Waals surface area contributed by atoms with Crippen molar-refractivity contribution < 1.29 is 9.57 Å². The highest BCUT2D eigenvalue weighted by molar-refractivity contribution is 5.76. The van der Waals surface area contributed by atoms with Gasteiger partial charge in [0, 0.05) is 11.4 Å². The van der Waals surface area contributed by atoms with E-state index in [2.05, 4.69) is 10.1 Å². The topological polar surface area (TPSA) is 69.7 Å². The summed E-state index contributed by atoms with van der Waals surface area (Å²) >= 11 is 0. The van der Waals surface area contributed by atoms with E-state index in [9.17, 15) is 0 Å². The maximum atomic E-state index is 5.91. The Kier molecular flexibility index (Phi) is 4.77. The molecule has 0 saturated carbocycles. The van der Waals surface area contributed by atoms with Crippen LogP contribution in [0.3, 0.4) is 0 Å². The van der Waals surface area contributed by atoms with Crippen molar-refractivity contribution in [1.29, 1.82) is 0 Å². The van der Waals surface area contributed by atoms with Gasteiger partial charge in [0.1, 0.15) is 12.4 Å². The predicted molar refractivity (Wildman–Crippen MR) is 83.5 cm³/mol. The van der Waals surface area contributed by atoms with Crippen molar-refractivity contribution in [2.45, 2.75) is 20.5 Å². The highest BCUT2D eigenvalue weighted by Crippen LogP contribution is 2.24. The molecule has 0 spiro atoms. The van der Waals surface area contributed by atoms with Crippen molar-refractivity contribution in [3.05, 3.63) is 52.8 Å². The smallest absolute Gasteiger partial charge is 0.147 e. The molecule has 0 saturated heterocycles. The molecule has 0 aliphatic carbocycles. The summed E-state index contributed by atoms with van der Waals surface area (Å²) in [5, 5.41) is 3.94. The maximum absolute atomic E-state index is 5.91. The fourth-order valence-electron chi connectivity index (χ4n) is 2.06. The summed E-state index contributed by atoms with van der Waals surface area (Å²) in [5.74, 6) is 0.690. The van der Waals surface area contributed by atoms with Gasteiger partial charge in [-0.3, -0.25) is 4.98 Å². The number of aromatic nitrogens is 1. The molecule has 1 aromatic heterocycles. The fourth-order valence-corrected chi connectivity index (χ4v) is 2.06. The zero-order valence-corrected chi connectivity index (χ0v) is 12.5. The van der Waals surface area contributed by atoms with Gasteiger partial charge in [-0.25, -0.2) is 0 Å². The molecule has 0 unspecified atom stereocenters. The molecule has 2 N–H and O–H groups in total. The Hall–Kier alpha value is -2.56. The number of hydrogen-bond donors (Lipinski definition) is 1. The van der Waals surface area contributed by atoms with Crippen molar-refractivity contribution >= 4 is 11.9 Å². The largest absolute Gasteiger partial charge is 0.496 e. The highest BCUT2D eigenvalue weighted by Gasteiger charge is 2.06. The SMILES string of the molecule is COc1cccc(N)c1CO/N=C/c1cc(C)cc(C)n1. The minimum absolute atomic E-state index is 0.247. The first-order valence-electron chi connectivity index (χ1n) is 6.62. The Balaban J connectivity index is 2.03. The summed E-state index contributed by atoms with van der Waals surface area (Å²) in [6.07, 6.45) is 1.59. The van der Waals surface area contributed by atoms with E-state index in [1.165, 1.54) is 0 Å². The average Bonchev–Trinajstić information content (AvgIpc) is 2.43. The molecule has 110 valence electrons. The van der Waals surface area contributed by atoms with Crippen LogP contribution in [0.4, 0.5) is 5.69 Å². The third-order valence-electron chi connectivity index (χ3n) is 2.98. The lowest BCUT2D eigenvalue weighted by Gasteiger charge is -2.09. The van der Waals surface area contributed by atoms with Gasteiger partial charge >= 0.3 is 0 Å². The molecule has 2 rings (SSSR count). The lowest BCUT2D eigenvalue weighted by molar-refractivity contribution is 0.130. The van der Waals surface area contributed by atoms with Gasteiger partial charge < -0.3 is 15.3 Å². The molecule has 0 amide bonds. The summed E-state index contributed by atoms with van der Waals surface area (Å²) in [6.45, 7) is 4.21. The molecular weight excluding hydrogens is 266 g/mol. The van der Waals surface area contributed by atoms with Crippen LogP contribution in [-0.2, 0) is 11.4 Å². The zero-order valence-electron chi connectivity index (χ0n) is 12.5. The number of benzene rings is 1. The molecular formula is C16H19N3O2. The number of rotatable bonds is 5. The maximum Gasteiger partial charge on any atom is 0.147 e. The summed E-state index contributed by atoms with van der Waals surface area (Å²) in [6, 6.07) is 9.42. The van der Waals surface area contributed by atoms with E-state index in [1.807, 2.05) is 38.1 Å². The molecule has 0 atom stereocenters. The standard InChI is InChI=1S/C16H19N3O2/c1-11-7-12(2)19-13(8-11)9-18-21-10-14-15(17)5-4-6-16(14)20-3/h4-9H,10,17H2,1-3H3/b18-9+. The van der Waals surface area contributed by atoms with Gasteiger partial charge in [-0.1, -0.05) is 11.2 Å². The van der Waals surface area contributed by atoms with Crippen LogP contribution < -0.4 is 10.5 Å². The summed E-state index contributed by atoms with van der Waals surface area (Å²) in [7, 11) is 1.60. The number of nitrogens with two attached hydrogens (primary N) is 1. The van der Waals surface area contributed by atoms with E-state index < -0.39 is 0 Å². The molecule has 0 fully saturated rings. The number of anilines is 1. The molecule has 0 bridgehead atoms. The van der Waals surface area contributed by atoms with Gasteiger partial charge in [0.25, 0.3) is 0 Å². The Morgan fingerprint density at radius 3 is 2.81 bits per heavy atom. The normalized spacial score (nSPS) is 10.8. The van der Waals surface area contributed by atoms with Crippen LogP contribution in [-0.4, -0.2) is 18.3 Å². The zero-order chi connectivity index (χ0) is 15.2. The van der Waals surface area contributed by atoms with E-state index in [0.29, 0.717) is 11.4 Å². The Bertz CT molecular complexity index is 634. The van der Waals surface area contributed by atoms with Crippen molar-refractivity contribution in [3.63, 3.8) is 0 Å². The van der Waals surface area contributed by atoms with Crippen LogP contribution in [0.5, 0.6) is 5.75 Å². The number of pyridine rings is 1. The van der Waals surface area contributed by atoms with E-state index in [0.717, 1.165) is 22.5 Å². The van der Waals surface area contributed by atoms with Gasteiger partial charge in [0.2, 0.25) is 0 Å². The number of hydrogen-bond acceptors (Lipinski definition) is 5. The number of nitrogen functional groups attached to an aromatic ring is 1. The highest BCUT2D eigenvalue weighted by atomic mass is 16.6. The fraction of sp³-hybridized carbons (Fsp3) is 0.250. The van der Waals surface area contributed by atoms with Crippen LogP contribution in [0.15, 0.2) is 35.5 Å². The molecule has 1 heterocycles. The Morgan fingerprint density at radius 2 is 2.10 bits per heavy atom. The lowest BCUT2D eigenvalue weighted by atomic mass is 10.2. The molecule has 0 aliphatic heterocycles. The van der Waals surface area contributed by atoms with Crippen molar-refractivity contribution in [3.8, 4) is 5.75 Å². The molecule has 0 aliphatic rings. The van der Waals surface area contributed by atoms with Crippen molar-refractivity contribution in [2.24, 2.45) is 5.16 Å². The quantitative estimate of drug-likeness (QED) is 0.521. The number of aryl methyl sites for hydroxylation is 2. The summed E-state index contributed by atoms with van der Waals surface area (Å²) < 4.78 is 5.25. The third-order valence-corrected chi connectivity index (χ3v) is 2.98. The van der Waals surface area contributed by atoms with E-state index in [4.69, 9.17) is 15.3 Å². The Morgan fingerprint density at radius 1 is 1.29 bits per heavy atom. The monoisotopic (exact) mass is 285 g/mol. The first-order valence-corrected chi connectivity index (χ1v) is 6.62. The third kappa shape index (κ3) is 3.95. The number of nitrogens with zero attached hydrogens (tertiary/aromatic N) is 2. The van der Waals surface area contributed by atoms with Crippen LogP contribution in [0.1, 0.15) is 22.5 Å². The first-order chi connectivity index (χ1) is 10.1. The number of oxime groups is 1. The van der Waals surface area contributed by atoms with E-state index >= 15 is 0 Å². The van der Waals surface area contributed by atoms with Crippen LogP contribution >= 0.6 is 0 Å². The van der Waals surface area contributed by atoms with Crippen molar-refractivity contribution in [2.75, 3.05) is 12.8 Å². The first kappa shape index (κ1) is 14.8. The number of methoxy groups -OCH3 is 1. The van der Waals surface area contributed by atoms with Crippen LogP contribution in [0, 0.1) is 13.8 Å². The van der Waals surface area contributed by atoms with Crippen LogP contribution in [0.25, 0.3) is 0 Å². The molecule has 21 heavy (non-hydrogen) atoms. The molecule has 0 radical (unpaired) electrons. The van der Waals surface area contributed by atoms with Gasteiger partial charge in [-0.05, 0) is 43.7 Å². The van der Waals surface area contributed by atoms with Crippen molar-refractivity contribution in [1.82, 2.24) is 4.98 Å². The Labute approximate surface area is 124 Å². The van der Waals surface area contributed by atoms with E-state index in [1.54, 1.807) is 19.4 Å². The molecule has 2 aromatic rings. The second-order valence-corrected chi connectivity index (χ2v) is 4.75. The molecule has 1 aromatic carbocycles. The molecule has 5 nitrogen and oxygen atoms in total. The lowest BCUT2D eigenvalue weighted by Crippen LogP contribution is -1.99. The van der Waals surface area contributed by atoms with Gasteiger partial charge in [-0.15, -0.1) is 0 Å². The second kappa shape index (κ2) is 6.74. The molecule has 5 heteroatoms. The average molecular weight is 285 g/mol. The summed E-state index contributed by atoms with van der Waals surface area (Å²) in [4.78, 5) is 9.65. The van der Waals surface area contributed by atoms with Crippen LogP contribution in [0.2, 0.25) is 0 Å². The minimum atomic E-state index is 0.247. The van der Waals surface area contributed by atoms with E-state index in [-0.39, 0.29) is 6.61 Å². The van der Waals surface area contributed by atoms with Gasteiger partial charge in [0.15, 0.2) is 0 Å². The number of ether oxygens (including phenoxy) is 1. The second-order valence-electron chi connectivity index (χ2n) is 4.75. The summed E-state index contributed by atoms with van der Waals surface area (Å²) in [5.41, 5.74) is 10.2.